The van der Waals surface area contributed by atoms with E-state index in [0.717, 1.165) is 0 Å². The summed E-state index contributed by atoms with van der Waals surface area (Å²) in [7, 11) is 0. The zero-order valence-corrected chi connectivity index (χ0v) is 7.87. The lowest BCUT2D eigenvalue weighted by Gasteiger charge is -2.14. The van der Waals surface area contributed by atoms with E-state index in [2.05, 4.69) is 44.2 Å². The standard InChI is InChI=1S/C12H12O/c1-8-3-5-10-9(7-8)4-6-11-12(10,2)13-11/h3-7,11H,1-2H3/t11-,12+/m1/s1. The Labute approximate surface area is 78.0 Å². The number of rotatable bonds is 0. The SMILES string of the molecule is Cc1ccc2c(c1)C=C[C@H]1O[C@@]21C. The van der Waals surface area contributed by atoms with E-state index in [-0.39, 0.29) is 5.60 Å². The molecule has 0 unspecified atom stereocenters. The van der Waals surface area contributed by atoms with Crippen molar-refractivity contribution in [2.24, 2.45) is 0 Å². The first-order chi connectivity index (χ1) is 6.20. The van der Waals surface area contributed by atoms with Crippen molar-refractivity contribution in [2.75, 3.05) is 0 Å². The molecule has 0 spiro atoms. The average Bonchev–Trinajstić information content (AvgIpc) is 2.76. The first-order valence-corrected chi connectivity index (χ1v) is 4.67. The molecule has 1 aliphatic carbocycles. The fourth-order valence-corrected chi connectivity index (χ4v) is 2.13. The van der Waals surface area contributed by atoms with Gasteiger partial charge in [-0.3, -0.25) is 0 Å². The topological polar surface area (TPSA) is 12.5 Å². The van der Waals surface area contributed by atoms with Gasteiger partial charge in [0.25, 0.3) is 0 Å². The van der Waals surface area contributed by atoms with Gasteiger partial charge in [0, 0.05) is 0 Å². The van der Waals surface area contributed by atoms with E-state index in [1.807, 2.05) is 0 Å². The van der Waals surface area contributed by atoms with Crippen LogP contribution in [0.25, 0.3) is 6.08 Å². The molecule has 0 bridgehead atoms. The van der Waals surface area contributed by atoms with Gasteiger partial charge in [0.15, 0.2) is 0 Å². The predicted octanol–water partition coefficient (Wildman–Crippen LogP) is 2.64. The van der Waals surface area contributed by atoms with E-state index in [1.165, 1.54) is 16.7 Å². The van der Waals surface area contributed by atoms with Crippen molar-refractivity contribution in [1.29, 1.82) is 0 Å². The molecule has 0 radical (unpaired) electrons. The highest BCUT2D eigenvalue weighted by molar-refractivity contribution is 5.63. The molecule has 1 heteroatoms. The number of benzene rings is 1. The summed E-state index contributed by atoms with van der Waals surface area (Å²) in [4.78, 5) is 0. The smallest absolute Gasteiger partial charge is 0.122 e. The zero-order valence-electron chi connectivity index (χ0n) is 7.87. The molecule has 1 heterocycles. The molecular weight excluding hydrogens is 160 g/mol. The number of epoxide rings is 1. The maximum absolute atomic E-state index is 5.64. The zero-order chi connectivity index (χ0) is 9.05. The fourth-order valence-electron chi connectivity index (χ4n) is 2.13. The lowest BCUT2D eigenvalue weighted by atomic mass is 9.87. The third-order valence-electron chi connectivity index (χ3n) is 3.05. The summed E-state index contributed by atoms with van der Waals surface area (Å²) in [6.45, 7) is 4.28. The summed E-state index contributed by atoms with van der Waals surface area (Å²) in [6, 6.07) is 6.56. The molecule has 1 nitrogen and oxygen atoms in total. The van der Waals surface area contributed by atoms with Gasteiger partial charge in [-0.15, -0.1) is 0 Å². The van der Waals surface area contributed by atoms with Gasteiger partial charge < -0.3 is 4.74 Å². The van der Waals surface area contributed by atoms with Crippen molar-refractivity contribution < 1.29 is 4.74 Å². The van der Waals surface area contributed by atoms with Gasteiger partial charge in [0.1, 0.15) is 11.7 Å². The van der Waals surface area contributed by atoms with Gasteiger partial charge in [-0.25, -0.2) is 0 Å². The summed E-state index contributed by atoms with van der Waals surface area (Å²) in [6.07, 6.45) is 4.64. The van der Waals surface area contributed by atoms with E-state index in [4.69, 9.17) is 4.74 Å². The number of fused-ring (bicyclic) bond motifs is 3. The molecule has 1 saturated heterocycles. The van der Waals surface area contributed by atoms with Crippen molar-refractivity contribution in [3.05, 3.63) is 41.0 Å². The molecule has 2 atom stereocenters. The molecular formula is C12H12O. The molecule has 1 aliphatic heterocycles. The van der Waals surface area contributed by atoms with E-state index in [0.29, 0.717) is 6.10 Å². The summed E-state index contributed by atoms with van der Waals surface area (Å²) in [5, 5.41) is 0. The Morgan fingerprint density at radius 2 is 2.23 bits per heavy atom. The van der Waals surface area contributed by atoms with Crippen molar-refractivity contribution in [3.63, 3.8) is 0 Å². The van der Waals surface area contributed by atoms with Crippen LogP contribution in [0.4, 0.5) is 0 Å². The molecule has 0 saturated carbocycles. The molecule has 1 fully saturated rings. The van der Waals surface area contributed by atoms with Gasteiger partial charge in [0.05, 0.1) is 0 Å². The van der Waals surface area contributed by atoms with Crippen LogP contribution in [0.1, 0.15) is 23.6 Å². The second-order valence-corrected chi connectivity index (χ2v) is 4.10. The summed E-state index contributed by atoms with van der Waals surface area (Å²) < 4.78 is 5.64. The maximum Gasteiger partial charge on any atom is 0.122 e. The van der Waals surface area contributed by atoms with Gasteiger partial charge in [0.2, 0.25) is 0 Å². The van der Waals surface area contributed by atoms with Crippen LogP contribution >= 0.6 is 0 Å². The number of hydrogen-bond acceptors (Lipinski definition) is 1. The highest BCUT2D eigenvalue weighted by Gasteiger charge is 2.54. The Bertz CT molecular complexity index is 406. The van der Waals surface area contributed by atoms with Gasteiger partial charge in [-0.2, -0.15) is 0 Å². The maximum atomic E-state index is 5.64. The highest BCUT2D eigenvalue weighted by Crippen LogP contribution is 2.50. The molecule has 2 aliphatic rings. The van der Waals surface area contributed by atoms with Crippen LogP contribution in [0.2, 0.25) is 0 Å². The van der Waals surface area contributed by atoms with Gasteiger partial charge in [-0.05, 0) is 25.0 Å². The highest BCUT2D eigenvalue weighted by atomic mass is 16.6. The Hall–Kier alpha value is -1.08. The monoisotopic (exact) mass is 172 g/mol. The summed E-state index contributed by atoms with van der Waals surface area (Å²) in [5.74, 6) is 0. The summed E-state index contributed by atoms with van der Waals surface area (Å²) in [5.41, 5.74) is 3.95. The Morgan fingerprint density at radius 3 is 3.08 bits per heavy atom. The number of hydrogen-bond donors (Lipinski definition) is 0. The van der Waals surface area contributed by atoms with Crippen LogP contribution in [-0.4, -0.2) is 6.10 Å². The second-order valence-electron chi connectivity index (χ2n) is 4.10. The van der Waals surface area contributed by atoms with Crippen LogP contribution in [0.15, 0.2) is 24.3 Å². The minimum Gasteiger partial charge on any atom is -0.357 e. The third kappa shape index (κ3) is 0.853. The van der Waals surface area contributed by atoms with Crippen molar-refractivity contribution in [1.82, 2.24) is 0 Å². The predicted molar refractivity (Wildman–Crippen MR) is 52.4 cm³/mol. The minimum atomic E-state index is -0.0161. The fraction of sp³-hybridized carbons (Fsp3) is 0.333. The lowest BCUT2D eigenvalue weighted by Crippen LogP contribution is -2.11. The number of aryl methyl sites for hydroxylation is 1. The van der Waals surface area contributed by atoms with E-state index < -0.39 is 0 Å². The Kier molecular flexibility index (Phi) is 1.15. The van der Waals surface area contributed by atoms with E-state index >= 15 is 0 Å². The first kappa shape index (κ1) is 7.34. The molecule has 0 amide bonds. The number of ether oxygens (including phenoxy) is 1. The molecule has 66 valence electrons. The van der Waals surface area contributed by atoms with Crippen LogP contribution < -0.4 is 0 Å². The van der Waals surface area contributed by atoms with Crippen LogP contribution in [0.5, 0.6) is 0 Å². The molecule has 0 aromatic heterocycles. The van der Waals surface area contributed by atoms with Gasteiger partial charge in [-0.1, -0.05) is 35.9 Å². The van der Waals surface area contributed by atoms with Crippen LogP contribution in [0.3, 0.4) is 0 Å². The van der Waals surface area contributed by atoms with E-state index in [9.17, 15) is 0 Å². The van der Waals surface area contributed by atoms with E-state index in [1.54, 1.807) is 0 Å². The largest absolute Gasteiger partial charge is 0.357 e. The van der Waals surface area contributed by atoms with Crippen LogP contribution in [0, 0.1) is 6.92 Å². The minimum absolute atomic E-state index is 0.0161. The normalized spacial score (nSPS) is 33.8. The second kappa shape index (κ2) is 2.05. The van der Waals surface area contributed by atoms with Crippen molar-refractivity contribution in [2.45, 2.75) is 25.6 Å². The quantitative estimate of drug-likeness (QED) is 0.548. The molecule has 1 aromatic rings. The lowest BCUT2D eigenvalue weighted by molar-refractivity contribution is 0.321. The first-order valence-electron chi connectivity index (χ1n) is 4.67. The van der Waals surface area contributed by atoms with Crippen molar-refractivity contribution in [3.8, 4) is 0 Å². The average molecular weight is 172 g/mol. The molecule has 1 aromatic carbocycles. The summed E-state index contributed by atoms with van der Waals surface area (Å²) >= 11 is 0. The van der Waals surface area contributed by atoms with Gasteiger partial charge >= 0.3 is 0 Å². The molecule has 3 rings (SSSR count). The molecule has 0 N–H and O–H groups in total. The van der Waals surface area contributed by atoms with Crippen molar-refractivity contribution >= 4 is 6.08 Å². The third-order valence-corrected chi connectivity index (χ3v) is 3.05. The van der Waals surface area contributed by atoms with Crippen LogP contribution in [-0.2, 0) is 10.3 Å². The Morgan fingerprint density at radius 1 is 1.38 bits per heavy atom. The Balaban J connectivity index is 2.24. The molecule has 13 heavy (non-hydrogen) atoms.